The minimum absolute atomic E-state index is 0.866. The van der Waals surface area contributed by atoms with E-state index in [0.29, 0.717) is 0 Å². The lowest BCUT2D eigenvalue weighted by atomic mass is 9.98. The largest absolute Gasteiger partial charge is 0.378 e. The number of hydrogen-bond donors (Lipinski definition) is 2. The topological polar surface area (TPSA) is 40.5 Å². The van der Waals surface area contributed by atoms with Gasteiger partial charge in [-0.05, 0) is 56.9 Å². The lowest BCUT2D eigenvalue weighted by molar-refractivity contribution is 0.143. The summed E-state index contributed by atoms with van der Waals surface area (Å²) < 4.78 is 0. The van der Waals surface area contributed by atoms with E-state index >= 15 is 0 Å². The monoisotopic (exact) mass is 318 g/mol. The van der Waals surface area contributed by atoms with Crippen molar-refractivity contribution >= 4 is 16.8 Å². The van der Waals surface area contributed by atoms with E-state index < -0.39 is 11.2 Å². The fraction of sp³-hybridized carbons (Fsp3) is 0.273. The molecule has 0 bridgehead atoms. The van der Waals surface area contributed by atoms with Crippen LogP contribution < -0.4 is 0 Å². The molecule has 2 rings (SSSR count). The molecule has 24 heavy (non-hydrogen) atoms. The molecule has 2 aromatic carbocycles. The first-order chi connectivity index (χ1) is 11.2. The Labute approximate surface area is 143 Å². The fourth-order valence-electron chi connectivity index (χ4n) is 2.18. The molecule has 0 aliphatic heterocycles. The van der Waals surface area contributed by atoms with E-state index in [0.717, 1.165) is 21.9 Å². The highest BCUT2D eigenvalue weighted by atomic mass is 16.3. The van der Waals surface area contributed by atoms with Crippen LogP contribution in [0.25, 0.3) is 16.8 Å². The normalized spacial score (nSPS) is 11.8. The van der Waals surface area contributed by atoms with Crippen molar-refractivity contribution < 1.29 is 10.2 Å². The molecular weight excluding hydrogens is 296 g/mol. The molecule has 0 radical (unpaired) electrons. The van der Waals surface area contributed by atoms with Gasteiger partial charge in [-0.3, -0.25) is 0 Å². The van der Waals surface area contributed by atoms with Gasteiger partial charge in [-0.25, -0.2) is 0 Å². The molecule has 2 nitrogen and oxygen atoms in total. The summed E-state index contributed by atoms with van der Waals surface area (Å²) in [4.78, 5) is 0. The minimum atomic E-state index is -1.04. The Morgan fingerprint density at radius 3 is 2.12 bits per heavy atom. The van der Waals surface area contributed by atoms with Gasteiger partial charge in [0, 0.05) is 10.9 Å². The van der Waals surface area contributed by atoms with Gasteiger partial charge in [-0.2, -0.15) is 0 Å². The number of hydrogen-bond acceptors (Lipinski definition) is 2. The van der Waals surface area contributed by atoms with Gasteiger partial charge in [0.2, 0.25) is 0 Å². The summed E-state index contributed by atoms with van der Waals surface area (Å²) in [6, 6.07) is 12.0. The lowest BCUT2D eigenvalue weighted by Gasteiger charge is -2.08. The minimum Gasteiger partial charge on any atom is -0.378 e. The first-order valence-corrected chi connectivity index (χ1v) is 7.85. The Balaban J connectivity index is 2.52. The van der Waals surface area contributed by atoms with Crippen molar-refractivity contribution in [3.05, 3.63) is 53.6 Å². The number of aliphatic hydroxyl groups is 2. The predicted octanol–water partition coefficient (Wildman–Crippen LogP) is 3.75. The Kier molecular flexibility index (Phi) is 5.15. The fourth-order valence-corrected chi connectivity index (χ4v) is 2.18. The summed E-state index contributed by atoms with van der Waals surface area (Å²) in [7, 11) is 0. The summed E-state index contributed by atoms with van der Waals surface area (Å²) >= 11 is 0. The van der Waals surface area contributed by atoms with Crippen LogP contribution in [0.1, 0.15) is 38.8 Å². The van der Waals surface area contributed by atoms with E-state index in [2.05, 4.69) is 23.7 Å². The molecule has 122 valence electrons. The third-order valence-corrected chi connectivity index (χ3v) is 3.16. The maximum atomic E-state index is 9.84. The number of benzene rings is 2. The quantitative estimate of drug-likeness (QED) is 0.786. The van der Waals surface area contributed by atoms with Crippen LogP contribution in [0.15, 0.2) is 42.5 Å². The summed E-state index contributed by atoms with van der Waals surface area (Å²) in [6.07, 6.45) is 3.64. The van der Waals surface area contributed by atoms with Crippen LogP contribution in [-0.4, -0.2) is 21.4 Å². The average Bonchev–Trinajstić information content (AvgIpc) is 2.47. The van der Waals surface area contributed by atoms with Gasteiger partial charge in [0.1, 0.15) is 11.2 Å². The highest BCUT2D eigenvalue weighted by molar-refractivity contribution is 5.95. The van der Waals surface area contributed by atoms with Gasteiger partial charge in [-0.15, -0.1) is 0 Å². The first-order valence-electron chi connectivity index (χ1n) is 7.85. The van der Waals surface area contributed by atoms with E-state index in [1.54, 1.807) is 33.8 Å². The molecule has 2 aromatic rings. The zero-order chi connectivity index (χ0) is 17.8. The van der Waals surface area contributed by atoms with Crippen LogP contribution in [-0.2, 0) is 0 Å². The molecule has 0 aliphatic rings. The first kappa shape index (κ1) is 17.8. The molecule has 0 fully saturated rings. The highest BCUT2D eigenvalue weighted by Gasteiger charge is 2.08. The Morgan fingerprint density at radius 2 is 1.50 bits per heavy atom. The summed E-state index contributed by atoms with van der Waals surface area (Å²) in [5.74, 6) is 11.6. The second-order valence-corrected chi connectivity index (χ2v) is 6.72. The van der Waals surface area contributed by atoms with Crippen LogP contribution >= 0.6 is 0 Å². The zero-order valence-electron chi connectivity index (χ0n) is 14.5. The van der Waals surface area contributed by atoms with Crippen LogP contribution in [0, 0.1) is 23.7 Å². The molecule has 0 aliphatic carbocycles. The third-order valence-electron chi connectivity index (χ3n) is 3.16. The summed E-state index contributed by atoms with van der Waals surface area (Å²) in [5.41, 5.74) is -0.180. The van der Waals surface area contributed by atoms with Gasteiger partial charge in [0.05, 0.1) is 0 Å². The van der Waals surface area contributed by atoms with E-state index in [-0.39, 0.29) is 0 Å². The smallest absolute Gasteiger partial charge is 0.120 e. The second kappa shape index (κ2) is 6.93. The molecule has 0 heterocycles. The van der Waals surface area contributed by atoms with Crippen molar-refractivity contribution in [3.63, 3.8) is 0 Å². The van der Waals surface area contributed by atoms with E-state index in [9.17, 15) is 10.2 Å². The van der Waals surface area contributed by atoms with Crippen LogP contribution in [0.4, 0.5) is 0 Å². The molecule has 2 N–H and O–H groups in total. The number of allylic oxidation sites excluding steroid dienone is 1. The van der Waals surface area contributed by atoms with E-state index in [4.69, 9.17) is 0 Å². The average molecular weight is 318 g/mol. The SMILES string of the molecule is CC(C)(O)C#C/C=C/c1cccc2cccc(C#CC(C)(C)O)c12. The predicted molar refractivity (Wildman–Crippen MR) is 100 cm³/mol. The van der Waals surface area contributed by atoms with Crippen LogP contribution in [0.2, 0.25) is 0 Å². The highest BCUT2D eigenvalue weighted by Crippen LogP contribution is 2.24. The molecular formula is C22H22O2. The molecule has 0 atom stereocenters. The van der Waals surface area contributed by atoms with Crippen LogP contribution in [0.5, 0.6) is 0 Å². The Bertz CT molecular complexity index is 878. The summed E-state index contributed by atoms with van der Waals surface area (Å²) in [6.45, 7) is 6.63. The molecule has 0 amide bonds. The number of rotatable bonds is 1. The van der Waals surface area contributed by atoms with Crippen molar-refractivity contribution in [3.8, 4) is 23.7 Å². The third kappa shape index (κ3) is 5.28. The maximum Gasteiger partial charge on any atom is 0.120 e. The van der Waals surface area contributed by atoms with Gasteiger partial charge in [0.25, 0.3) is 0 Å². The van der Waals surface area contributed by atoms with E-state index in [1.165, 1.54) is 0 Å². The van der Waals surface area contributed by atoms with Crippen molar-refractivity contribution in [2.24, 2.45) is 0 Å². The molecule has 0 saturated carbocycles. The van der Waals surface area contributed by atoms with Crippen molar-refractivity contribution in [2.75, 3.05) is 0 Å². The standard InChI is InChI=1S/C22H22O2/c1-21(2,23)15-6-5-9-17-10-7-11-18-12-8-13-19(20(17)18)14-16-22(3,4)24/h5,7-13,23-24H,1-4H3/b9-5+. The molecule has 0 aromatic heterocycles. The van der Waals surface area contributed by atoms with Gasteiger partial charge >= 0.3 is 0 Å². The van der Waals surface area contributed by atoms with Crippen molar-refractivity contribution in [1.29, 1.82) is 0 Å². The van der Waals surface area contributed by atoms with Gasteiger partial charge in [-0.1, -0.05) is 54.0 Å². The van der Waals surface area contributed by atoms with Gasteiger partial charge in [0.15, 0.2) is 0 Å². The molecule has 2 heteroatoms. The zero-order valence-corrected chi connectivity index (χ0v) is 14.5. The molecule has 0 spiro atoms. The lowest BCUT2D eigenvalue weighted by Crippen LogP contribution is -2.14. The molecule has 0 unspecified atom stereocenters. The maximum absolute atomic E-state index is 9.84. The summed E-state index contributed by atoms with van der Waals surface area (Å²) in [5, 5.41) is 21.6. The second-order valence-electron chi connectivity index (χ2n) is 6.72. The molecule has 0 saturated heterocycles. The van der Waals surface area contributed by atoms with Crippen LogP contribution in [0.3, 0.4) is 0 Å². The van der Waals surface area contributed by atoms with Crippen molar-refractivity contribution in [2.45, 2.75) is 38.9 Å². The Hall–Kier alpha value is -2.52. The van der Waals surface area contributed by atoms with Crippen molar-refractivity contribution in [1.82, 2.24) is 0 Å². The number of fused-ring (bicyclic) bond motifs is 1. The Morgan fingerprint density at radius 1 is 0.875 bits per heavy atom. The van der Waals surface area contributed by atoms with E-state index in [1.807, 2.05) is 42.5 Å². The van der Waals surface area contributed by atoms with Gasteiger partial charge < -0.3 is 10.2 Å².